The largest absolute Gasteiger partial charge is 0.354 e. The zero-order valence-corrected chi connectivity index (χ0v) is 15.2. The van der Waals surface area contributed by atoms with Gasteiger partial charge in [0, 0.05) is 31.9 Å². The van der Waals surface area contributed by atoms with Crippen molar-refractivity contribution in [2.45, 2.75) is 39.7 Å². The lowest BCUT2D eigenvalue weighted by Crippen LogP contribution is -2.33. The summed E-state index contributed by atoms with van der Waals surface area (Å²) in [6.07, 6.45) is 3.98. The number of nitrogens with zero attached hydrogens (tertiary/aromatic N) is 3. The molecule has 1 amide bonds. The Morgan fingerprint density at radius 1 is 1.29 bits per heavy atom. The van der Waals surface area contributed by atoms with E-state index in [1.54, 1.807) is 6.20 Å². The molecule has 1 aromatic heterocycles. The fraction of sp³-hybridized carbons (Fsp3) is 0.684. The Morgan fingerprint density at radius 2 is 1.96 bits per heavy atom. The van der Waals surface area contributed by atoms with Gasteiger partial charge in [0.25, 0.3) is 5.91 Å². The summed E-state index contributed by atoms with van der Waals surface area (Å²) in [4.78, 5) is 21.6. The van der Waals surface area contributed by atoms with E-state index in [0.717, 1.165) is 63.2 Å². The molecule has 0 spiro atoms. The number of carbonyl (C=O) groups is 1. The van der Waals surface area contributed by atoms with Crippen molar-refractivity contribution in [1.82, 2.24) is 15.2 Å². The van der Waals surface area contributed by atoms with Crippen molar-refractivity contribution < 1.29 is 4.79 Å². The number of anilines is 1. The summed E-state index contributed by atoms with van der Waals surface area (Å²) in [6, 6.07) is 4.32. The van der Waals surface area contributed by atoms with Gasteiger partial charge in [0.05, 0.1) is 5.56 Å². The van der Waals surface area contributed by atoms with Gasteiger partial charge in [0.1, 0.15) is 5.82 Å². The van der Waals surface area contributed by atoms with Crippen molar-refractivity contribution in [3.8, 4) is 0 Å². The Balaban J connectivity index is 1.66. The molecule has 2 saturated heterocycles. The average Bonchev–Trinajstić information content (AvgIpc) is 2.94. The van der Waals surface area contributed by atoms with Crippen LogP contribution >= 0.6 is 0 Å². The maximum absolute atomic E-state index is 12.8. The standard InChI is InChI=1S/C19H30N4O/c1-4-23(14(2)3)18-6-5-17(13-21-18)19(24)22-9-7-15-11-20-12-16(15)8-10-22/h5-6,13-16,20H,4,7-12H2,1-3H3/t15-,16+. The van der Waals surface area contributed by atoms with E-state index in [-0.39, 0.29) is 5.91 Å². The molecule has 2 fully saturated rings. The highest BCUT2D eigenvalue weighted by Gasteiger charge is 2.31. The van der Waals surface area contributed by atoms with Crippen LogP contribution in [0.15, 0.2) is 18.3 Å². The molecular formula is C19H30N4O. The van der Waals surface area contributed by atoms with Gasteiger partial charge in [-0.05, 0) is 70.7 Å². The van der Waals surface area contributed by atoms with Crippen LogP contribution in [0.5, 0.6) is 0 Å². The van der Waals surface area contributed by atoms with Crippen molar-refractivity contribution in [1.29, 1.82) is 0 Å². The molecule has 3 rings (SSSR count). The van der Waals surface area contributed by atoms with Gasteiger partial charge in [-0.2, -0.15) is 0 Å². The number of pyridine rings is 1. The monoisotopic (exact) mass is 330 g/mol. The first kappa shape index (κ1) is 17.2. The third kappa shape index (κ3) is 3.56. The molecule has 0 radical (unpaired) electrons. The molecule has 0 saturated carbocycles. The third-order valence-corrected chi connectivity index (χ3v) is 5.56. The van der Waals surface area contributed by atoms with E-state index < -0.39 is 0 Å². The molecule has 2 aliphatic heterocycles. The van der Waals surface area contributed by atoms with Crippen molar-refractivity contribution in [3.05, 3.63) is 23.9 Å². The summed E-state index contributed by atoms with van der Waals surface area (Å²) in [5.41, 5.74) is 0.712. The summed E-state index contributed by atoms with van der Waals surface area (Å²) in [5.74, 6) is 2.56. The maximum atomic E-state index is 12.8. The topological polar surface area (TPSA) is 48.5 Å². The van der Waals surface area contributed by atoms with E-state index in [1.807, 2.05) is 17.0 Å². The van der Waals surface area contributed by atoms with Crippen LogP contribution in [0.2, 0.25) is 0 Å². The molecule has 0 bridgehead atoms. The van der Waals surface area contributed by atoms with Gasteiger partial charge in [-0.25, -0.2) is 4.98 Å². The minimum absolute atomic E-state index is 0.134. The Kier molecular flexibility index (Phi) is 5.39. The number of hydrogen-bond donors (Lipinski definition) is 1. The normalized spacial score (nSPS) is 23.9. The summed E-state index contributed by atoms with van der Waals surface area (Å²) in [6.45, 7) is 11.3. The predicted octanol–water partition coefficient (Wildman–Crippen LogP) is 2.39. The van der Waals surface area contributed by atoms with Crippen LogP contribution in [0, 0.1) is 11.8 Å². The number of hydrogen-bond acceptors (Lipinski definition) is 4. The summed E-state index contributed by atoms with van der Waals surface area (Å²) in [7, 11) is 0. The number of likely N-dealkylation sites (tertiary alicyclic amines) is 1. The Bertz CT molecular complexity index is 543. The van der Waals surface area contributed by atoms with E-state index in [0.29, 0.717) is 11.6 Å². The molecule has 0 aliphatic carbocycles. The molecule has 24 heavy (non-hydrogen) atoms. The number of carbonyl (C=O) groups excluding carboxylic acids is 1. The SMILES string of the molecule is CCN(c1ccc(C(=O)N2CC[C@@H]3CNC[C@@H]3CC2)cn1)C(C)C. The van der Waals surface area contributed by atoms with Gasteiger partial charge >= 0.3 is 0 Å². The molecule has 1 N–H and O–H groups in total. The quantitative estimate of drug-likeness (QED) is 0.921. The first-order valence-corrected chi connectivity index (χ1v) is 9.32. The van der Waals surface area contributed by atoms with Crippen LogP contribution in [0.1, 0.15) is 44.0 Å². The second-order valence-electron chi connectivity index (χ2n) is 7.33. The molecule has 1 aromatic rings. The van der Waals surface area contributed by atoms with E-state index in [2.05, 4.69) is 36.0 Å². The van der Waals surface area contributed by atoms with Crippen LogP contribution in [-0.2, 0) is 0 Å². The van der Waals surface area contributed by atoms with Gasteiger partial charge in [-0.3, -0.25) is 4.79 Å². The molecule has 0 unspecified atom stereocenters. The van der Waals surface area contributed by atoms with Crippen molar-refractivity contribution in [3.63, 3.8) is 0 Å². The number of nitrogens with one attached hydrogen (secondary N) is 1. The fourth-order valence-corrected chi connectivity index (χ4v) is 4.08. The summed E-state index contributed by atoms with van der Waals surface area (Å²) >= 11 is 0. The van der Waals surface area contributed by atoms with Gasteiger partial charge in [0.2, 0.25) is 0 Å². The van der Waals surface area contributed by atoms with Crippen LogP contribution < -0.4 is 10.2 Å². The van der Waals surface area contributed by atoms with Crippen LogP contribution in [0.25, 0.3) is 0 Å². The number of aromatic nitrogens is 1. The highest BCUT2D eigenvalue weighted by atomic mass is 16.2. The number of rotatable bonds is 4. The molecule has 2 aliphatic rings. The molecule has 132 valence electrons. The highest BCUT2D eigenvalue weighted by Crippen LogP contribution is 2.27. The average molecular weight is 330 g/mol. The molecule has 3 heterocycles. The van der Waals surface area contributed by atoms with Gasteiger partial charge in [-0.15, -0.1) is 0 Å². The minimum atomic E-state index is 0.134. The Labute approximate surface area is 145 Å². The Hall–Kier alpha value is -1.62. The fourth-order valence-electron chi connectivity index (χ4n) is 4.08. The van der Waals surface area contributed by atoms with Gasteiger partial charge in [-0.1, -0.05) is 0 Å². The molecule has 2 atom stereocenters. The van der Waals surface area contributed by atoms with Crippen molar-refractivity contribution in [2.24, 2.45) is 11.8 Å². The summed E-state index contributed by atoms with van der Waals surface area (Å²) < 4.78 is 0. The predicted molar refractivity (Wildman–Crippen MR) is 97.4 cm³/mol. The first-order valence-electron chi connectivity index (χ1n) is 9.32. The van der Waals surface area contributed by atoms with E-state index in [9.17, 15) is 4.79 Å². The lowest BCUT2D eigenvalue weighted by molar-refractivity contribution is 0.0758. The third-order valence-electron chi connectivity index (χ3n) is 5.56. The summed E-state index contributed by atoms with van der Waals surface area (Å²) in [5, 5.41) is 3.48. The second-order valence-corrected chi connectivity index (χ2v) is 7.33. The first-order chi connectivity index (χ1) is 11.6. The highest BCUT2D eigenvalue weighted by molar-refractivity contribution is 5.94. The van der Waals surface area contributed by atoms with Crippen LogP contribution in [0.3, 0.4) is 0 Å². The molecule has 5 heteroatoms. The molecular weight excluding hydrogens is 300 g/mol. The maximum Gasteiger partial charge on any atom is 0.255 e. The van der Waals surface area contributed by atoms with Gasteiger partial charge < -0.3 is 15.1 Å². The smallest absolute Gasteiger partial charge is 0.255 e. The van der Waals surface area contributed by atoms with E-state index >= 15 is 0 Å². The number of amides is 1. The van der Waals surface area contributed by atoms with Gasteiger partial charge in [0.15, 0.2) is 0 Å². The van der Waals surface area contributed by atoms with E-state index in [1.165, 1.54) is 0 Å². The lowest BCUT2D eigenvalue weighted by atomic mass is 9.92. The zero-order chi connectivity index (χ0) is 17.1. The lowest BCUT2D eigenvalue weighted by Gasteiger charge is -2.26. The minimum Gasteiger partial charge on any atom is -0.354 e. The number of fused-ring (bicyclic) bond motifs is 1. The van der Waals surface area contributed by atoms with Crippen molar-refractivity contribution in [2.75, 3.05) is 37.6 Å². The van der Waals surface area contributed by atoms with E-state index in [4.69, 9.17) is 0 Å². The molecule has 0 aromatic carbocycles. The van der Waals surface area contributed by atoms with Crippen LogP contribution in [0.4, 0.5) is 5.82 Å². The van der Waals surface area contributed by atoms with Crippen molar-refractivity contribution >= 4 is 11.7 Å². The Morgan fingerprint density at radius 3 is 2.46 bits per heavy atom. The van der Waals surface area contributed by atoms with Crippen LogP contribution in [-0.4, -0.2) is 54.6 Å². The molecule has 5 nitrogen and oxygen atoms in total. The zero-order valence-electron chi connectivity index (χ0n) is 15.2. The second kappa shape index (κ2) is 7.51.